The fraction of sp³-hybridized carbons (Fsp3) is 0.0667. The van der Waals surface area contributed by atoms with Crippen molar-refractivity contribution in [1.82, 2.24) is 4.98 Å². The number of rotatable bonds is 2. The quantitative estimate of drug-likeness (QED) is 0.658. The molecule has 16 heavy (non-hydrogen) atoms. The van der Waals surface area contributed by atoms with E-state index in [2.05, 4.69) is 53.5 Å². The van der Waals surface area contributed by atoms with E-state index >= 15 is 0 Å². The summed E-state index contributed by atoms with van der Waals surface area (Å²) in [5.41, 5.74) is 2.61. The Kier molecular flexibility index (Phi) is 2.22. The van der Waals surface area contributed by atoms with Gasteiger partial charge in [0.25, 0.3) is 0 Å². The maximum absolute atomic E-state index is 3.23. The van der Waals surface area contributed by atoms with Crippen LogP contribution >= 0.6 is 0 Å². The minimum absolute atomic E-state index is 0.970. The molecule has 0 amide bonds. The van der Waals surface area contributed by atoms with E-state index in [-0.39, 0.29) is 0 Å². The second-order valence-corrected chi connectivity index (χ2v) is 4.05. The van der Waals surface area contributed by atoms with E-state index < -0.39 is 0 Å². The van der Waals surface area contributed by atoms with Crippen molar-refractivity contribution in [2.24, 2.45) is 0 Å². The number of aromatic amines is 1. The molecule has 3 aromatic rings. The lowest BCUT2D eigenvalue weighted by Crippen LogP contribution is -1.87. The van der Waals surface area contributed by atoms with Crippen molar-refractivity contribution in [3.05, 3.63) is 72.1 Å². The van der Waals surface area contributed by atoms with Crippen LogP contribution in [0.4, 0.5) is 0 Å². The van der Waals surface area contributed by atoms with Crippen molar-refractivity contribution in [3.63, 3.8) is 0 Å². The Morgan fingerprint density at radius 2 is 1.69 bits per heavy atom. The van der Waals surface area contributed by atoms with Gasteiger partial charge in [0.1, 0.15) is 0 Å². The monoisotopic (exact) mass is 207 g/mol. The molecule has 0 saturated heterocycles. The molecule has 2 aromatic carbocycles. The lowest BCUT2D eigenvalue weighted by Gasteiger charge is -2.02. The van der Waals surface area contributed by atoms with Crippen molar-refractivity contribution in [2.45, 2.75) is 6.42 Å². The van der Waals surface area contributed by atoms with Crippen LogP contribution in [0.25, 0.3) is 10.8 Å². The Labute approximate surface area is 94.7 Å². The summed E-state index contributed by atoms with van der Waals surface area (Å²) in [6.45, 7) is 0. The van der Waals surface area contributed by atoms with E-state index in [9.17, 15) is 0 Å². The van der Waals surface area contributed by atoms with E-state index in [4.69, 9.17) is 0 Å². The highest BCUT2D eigenvalue weighted by atomic mass is 14.7. The minimum Gasteiger partial charge on any atom is -0.365 e. The number of fused-ring (bicyclic) bond motifs is 1. The molecule has 1 aromatic heterocycles. The van der Waals surface area contributed by atoms with Gasteiger partial charge in [-0.15, -0.1) is 0 Å². The van der Waals surface area contributed by atoms with Gasteiger partial charge in [0.05, 0.1) is 0 Å². The zero-order chi connectivity index (χ0) is 10.8. The zero-order valence-electron chi connectivity index (χ0n) is 8.98. The van der Waals surface area contributed by atoms with E-state index in [1.54, 1.807) is 0 Å². The highest BCUT2D eigenvalue weighted by molar-refractivity contribution is 5.83. The Bertz CT molecular complexity index is 594. The van der Waals surface area contributed by atoms with E-state index in [0.717, 1.165) is 6.42 Å². The van der Waals surface area contributed by atoms with Gasteiger partial charge in [0.2, 0.25) is 0 Å². The predicted octanol–water partition coefficient (Wildman–Crippen LogP) is 3.76. The first kappa shape index (κ1) is 9.22. The Morgan fingerprint density at radius 1 is 0.812 bits per heavy atom. The van der Waals surface area contributed by atoms with Crippen molar-refractivity contribution < 1.29 is 0 Å². The summed E-state index contributed by atoms with van der Waals surface area (Å²) < 4.78 is 0. The third-order valence-electron chi connectivity index (χ3n) is 2.87. The highest BCUT2D eigenvalue weighted by Gasteiger charge is 1.98. The van der Waals surface area contributed by atoms with Crippen molar-refractivity contribution in [1.29, 1.82) is 0 Å². The first-order valence-corrected chi connectivity index (χ1v) is 5.52. The van der Waals surface area contributed by atoms with Crippen LogP contribution in [0.2, 0.25) is 0 Å². The summed E-state index contributed by atoms with van der Waals surface area (Å²) in [5.74, 6) is 0. The van der Waals surface area contributed by atoms with Gasteiger partial charge in [0.15, 0.2) is 0 Å². The molecule has 0 aliphatic carbocycles. The molecule has 0 spiro atoms. The van der Waals surface area contributed by atoms with Gasteiger partial charge >= 0.3 is 0 Å². The Morgan fingerprint density at radius 3 is 2.50 bits per heavy atom. The topological polar surface area (TPSA) is 15.8 Å². The molecule has 0 bridgehead atoms. The molecule has 1 N–H and O–H groups in total. The fourth-order valence-corrected chi connectivity index (χ4v) is 2.05. The molecule has 0 fully saturated rings. The van der Waals surface area contributed by atoms with Crippen molar-refractivity contribution in [3.8, 4) is 0 Å². The van der Waals surface area contributed by atoms with Gasteiger partial charge in [0, 0.05) is 18.3 Å². The second kappa shape index (κ2) is 3.86. The Balaban J connectivity index is 1.99. The lowest BCUT2D eigenvalue weighted by atomic mass is 10.0. The summed E-state index contributed by atoms with van der Waals surface area (Å²) >= 11 is 0. The molecule has 0 aliphatic rings. The molecule has 0 radical (unpaired) electrons. The van der Waals surface area contributed by atoms with Gasteiger partial charge in [-0.05, 0) is 28.5 Å². The summed E-state index contributed by atoms with van der Waals surface area (Å²) in [5, 5.41) is 2.62. The number of benzene rings is 2. The summed E-state index contributed by atoms with van der Waals surface area (Å²) in [6.07, 6.45) is 2.94. The number of H-pyrrole nitrogens is 1. The Hall–Kier alpha value is -2.02. The van der Waals surface area contributed by atoms with Gasteiger partial charge < -0.3 is 4.98 Å². The van der Waals surface area contributed by atoms with Crippen LogP contribution in [0.5, 0.6) is 0 Å². The van der Waals surface area contributed by atoms with E-state index in [1.807, 2.05) is 12.3 Å². The predicted molar refractivity (Wildman–Crippen MR) is 67.5 cm³/mol. The third-order valence-corrected chi connectivity index (χ3v) is 2.87. The van der Waals surface area contributed by atoms with Crippen LogP contribution in [0.3, 0.4) is 0 Å². The van der Waals surface area contributed by atoms with Crippen LogP contribution in [0, 0.1) is 0 Å². The molecular formula is C15H13N. The molecule has 0 unspecified atom stereocenters. The third kappa shape index (κ3) is 1.72. The molecule has 3 rings (SSSR count). The number of aromatic nitrogens is 1. The molecule has 1 heteroatoms. The molecule has 0 saturated carbocycles. The SMILES string of the molecule is c1c[nH]c(Cc2ccc3ccccc3c2)c1. The van der Waals surface area contributed by atoms with Gasteiger partial charge in [-0.1, -0.05) is 42.5 Å². The van der Waals surface area contributed by atoms with E-state index in [1.165, 1.54) is 22.0 Å². The second-order valence-electron chi connectivity index (χ2n) is 4.05. The van der Waals surface area contributed by atoms with E-state index in [0.29, 0.717) is 0 Å². The van der Waals surface area contributed by atoms with Crippen molar-refractivity contribution in [2.75, 3.05) is 0 Å². The van der Waals surface area contributed by atoms with Gasteiger partial charge in [-0.25, -0.2) is 0 Å². The highest BCUT2D eigenvalue weighted by Crippen LogP contribution is 2.17. The number of nitrogens with one attached hydrogen (secondary N) is 1. The lowest BCUT2D eigenvalue weighted by molar-refractivity contribution is 1.11. The first-order chi connectivity index (χ1) is 7.92. The number of hydrogen-bond donors (Lipinski definition) is 1. The summed E-state index contributed by atoms with van der Waals surface area (Å²) in [7, 11) is 0. The molecule has 0 atom stereocenters. The zero-order valence-corrected chi connectivity index (χ0v) is 8.98. The minimum atomic E-state index is 0.970. The van der Waals surface area contributed by atoms with Gasteiger partial charge in [-0.3, -0.25) is 0 Å². The van der Waals surface area contributed by atoms with Crippen LogP contribution < -0.4 is 0 Å². The largest absolute Gasteiger partial charge is 0.365 e. The molecule has 1 nitrogen and oxygen atoms in total. The maximum Gasteiger partial charge on any atom is 0.0191 e. The molecular weight excluding hydrogens is 194 g/mol. The standard InChI is InChI=1S/C15H13N/c1-2-5-14-10-12(7-8-13(14)4-1)11-15-6-3-9-16-15/h1-10,16H,11H2. The van der Waals surface area contributed by atoms with Crippen molar-refractivity contribution >= 4 is 10.8 Å². The average molecular weight is 207 g/mol. The maximum atomic E-state index is 3.23. The fourth-order valence-electron chi connectivity index (χ4n) is 2.05. The number of hydrogen-bond acceptors (Lipinski definition) is 0. The summed E-state index contributed by atoms with van der Waals surface area (Å²) in [6, 6.07) is 19.3. The van der Waals surface area contributed by atoms with Crippen LogP contribution in [0.15, 0.2) is 60.8 Å². The van der Waals surface area contributed by atoms with Gasteiger partial charge in [-0.2, -0.15) is 0 Å². The van der Waals surface area contributed by atoms with Crippen LogP contribution in [-0.4, -0.2) is 4.98 Å². The molecule has 1 heterocycles. The summed E-state index contributed by atoms with van der Waals surface area (Å²) in [4.78, 5) is 3.23. The van der Waals surface area contributed by atoms with Crippen LogP contribution in [-0.2, 0) is 6.42 Å². The molecule has 78 valence electrons. The van der Waals surface area contributed by atoms with Crippen LogP contribution in [0.1, 0.15) is 11.3 Å². The molecule has 0 aliphatic heterocycles. The smallest absolute Gasteiger partial charge is 0.0191 e. The first-order valence-electron chi connectivity index (χ1n) is 5.52. The average Bonchev–Trinajstić information content (AvgIpc) is 2.82. The normalized spacial score (nSPS) is 10.8.